The van der Waals surface area contributed by atoms with Gasteiger partial charge in [-0.05, 0) is 55.4 Å². The number of hydrogen-bond donors (Lipinski definition) is 1. The van der Waals surface area contributed by atoms with Gasteiger partial charge in [-0.2, -0.15) is 0 Å². The molecule has 3 fully saturated rings. The quantitative estimate of drug-likeness (QED) is 0.456. The maximum atomic E-state index is 14.4. The number of aromatic amines is 1. The number of likely N-dealkylation sites (tertiary alicyclic amines) is 1. The SMILES string of the molecule is COc1ccc([C@H]2c3[nH]c4ccccc4c3C[C@@H]3C(=O)N(C4CCN(CC5CCCCC5)CC4)CC(=O)N23)c(OC)c1. The molecule has 0 radical (unpaired) electrons. The standard InChI is InChI=1S/C34H42N4O4/c1-41-24-12-13-26(30(18-24)42-2)33-32-27(25-10-6-7-11-28(25)35-32)19-29-34(40)37(21-31(39)38(29)33)23-14-16-36(17-15-23)20-22-8-4-3-5-9-22/h6-7,10-13,18,22-23,29,33,35H,3-5,8-9,14-17,19-21H2,1-2H3/t29-,33+/m1/s1. The van der Waals surface area contributed by atoms with Gasteiger partial charge >= 0.3 is 0 Å². The summed E-state index contributed by atoms with van der Waals surface area (Å²) in [5, 5.41) is 1.11. The van der Waals surface area contributed by atoms with Crippen LogP contribution in [0.5, 0.6) is 11.5 Å². The van der Waals surface area contributed by atoms with Crippen molar-refractivity contribution in [1.29, 1.82) is 0 Å². The van der Waals surface area contributed by atoms with Crippen molar-refractivity contribution in [2.45, 2.75) is 69.5 Å². The van der Waals surface area contributed by atoms with Gasteiger partial charge in [0.2, 0.25) is 11.8 Å². The third-order valence-electron chi connectivity index (χ3n) is 10.3. The molecule has 222 valence electrons. The van der Waals surface area contributed by atoms with Gasteiger partial charge in [-0.15, -0.1) is 0 Å². The van der Waals surface area contributed by atoms with Crippen molar-refractivity contribution in [3.8, 4) is 11.5 Å². The molecule has 8 heteroatoms. The Bertz CT molecular complexity index is 1470. The summed E-state index contributed by atoms with van der Waals surface area (Å²) in [4.78, 5) is 38.5. The molecule has 3 aliphatic heterocycles. The Hall–Kier alpha value is -3.52. The fourth-order valence-corrected chi connectivity index (χ4v) is 8.11. The monoisotopic (exact) mass is 570 g/mol. The zero-order chi connectivity index (χ0) is 28.8. The van der Waals surface area contributed by atoms with Crippen LogP contribution >= 0.6 is 0 Å². The average molecular weight is 571 g/mol. The first kappa shape index (κ1) is 27.3. The Morgan fingerprint density at radius 3 is 2.48 bits per heavy atom. The Labute approximate surface area is 247 Å². The van der Waals surface area contributed by atoms with E-state index in [0.29, 0.717) is 17.9 Å². The van der Waals surface area contributed by atoms with Crippen LogP contribution in [0.4, 0.5) is 0 Å². The van der Waals surface area contributed by atoms with E-state index in [9.17, 15) is 9.59 Å². The highest BCUT2D eigenvalue weighted by Gasteiger charge is 2.50. The first-order valence-corrected chi connectivity index (χ1v) is 15.7. The van der Waals surface area contributed by atoms with Gasteiger partial charge in [-0.25, -0.2) is 0 Å². The number of H-pyrrole nitrogens is 1. The number of nitrogens with zero attached hydrogens (tertiary/aromatic N) is 3. The maximum Gasteiger partial charge on any atom is 0.246 e. The van der Waals surface area contributed by atoms with Gasteiger partial charge in [0.25, 0.3) is 0 Å². The van der Waals surface area contributed by atoms with E-state index in [4.69, 9.17) is 9.47 Å². The molecule has 7 rings (SSSR count). The highest BCUT2D eigenvalue weighted by molar-refractivity contribution is 5.98. The van der Waals surface area contributed by atoms with Gasteiger partial charge in [0.05, 0.1) is 14.2 Å². The smallest absolute Gasteiger partial charge is 0.246 e. The van der Waals surface area contributed by atoms with E-state index in [1.807, 2.05) is 40.1 Å². The molecule has 1 saturated carbocycles. The number of para-hydroxylation sites is 1. The minimum absolute atomic E-state index is 0.00332. The third kappa shape index (κ3) is 4.74. The molecule has 2 aromatic carbocycles. The fourth-order valence-electron chi connectivity index (χ4n) is 8.11. The molecular weight excluding hydrogens is 528 g/mol. The molecule has 1 aliphatic carbocycles. The predicted octanol–water partition coefficient (Wildman–Crippen LogP) is 4.91. The zero-order valence-corrected chi connectivity index (χ0v) is 24.8. The van der Waals surface area contributed by atoms with Crippen LogP contribution in [0.3, 0.4) is 0 Å². The number of hydrogen-bond acceptors (Lipinski definition) is 5. The van der Waals surface area contributed by atoms with Gasteiger partial charge in [-0.1, -0.05) is 37.5 Å². The minimum atomic E-state index is -0.546. The summed E-state index contributed by atoms with van der Waals surface area (Å²) in [6, 6.07) is 13.0. The van der Waals surface area contributed by atoms with Crippen molar-refractivity contribution < 1.29 is 19.1 Å². The number of carbonyl (C=O) groups excluding carboxylic acids is 2. The molecule has 2 atom stereocenters. The number of methoxy groups -OCH3 is 2. The van der Waals surface area contributed by atoms with Crippen LogP contribution in [0.15, 0.2) is 42.5 Å². The van der Waals surface area contributed by atoms with E-state index >= 15 is 0 Å². The third-order valence-corrected chi connectivity index (χ3v) is 10.3. The maximum absolute atomic E-state index is 14.4. The van der Waals surface area contributed by atoms with Gasteiger partial charge in [0.15, 0.2) is 0 Å². The van der Waals surface area contributed by atoms with E-state index < -0.39 is 12.1 Å². The Balaban J connectivity index is 1.19. The molecule has 0 spiro atoms. The second kappa shape index (κ2) is 11.3. The number of carbonyl (C=O) groups is 2. The molecule has 42 heavy (non-hydrogen) atoms. The van der Waals surface area contributed by atoms with E-state index in [0.717, 1.165) is 59.6 Å². The van der Waals surface area contributed by atoms with Crippen LogP contribution in [0.25, 0.3) is 10.9 Å². The molecule has 0 unspecified atom stereocenters. The number of nitrogens with one attached hydrogen (secondary N) is 1. The van der Waals surface area contributed by atoms with E-state index in [1.165, 1.54) is 38.6 Å². The average Bonchev–Trinajstić information content (AvgIpc) is 3.41. The molecule has 1 aromatic heterocycles. The number of aromatic nitrogens is 1. The van der Waals surface area contributed by atoms with Crippen molar-refractivity contribution in [2.75, 3.05) is 40.4 Å². The molecule has 8 nitrogen and oxygen atoms in total. The van der Waals surface area contributed by atoms with E-state index in [1.54, 1.807) is 14.2 Å². The van der Waals surface area contributed by atoms with Gasteiger partial charge in [0.1, 0.15) is 30.1 Å². The lowest BCUT2D eigenvalue weighted by Crippen LogP contribution is -2.65. The second-order valence-corrected chi connectivity index (χ2v) is 12.6. The Kier molecular flexibility index (Phi) is 7.34. The first-order chi connectivity index (χ1) is 20.6. The summed E-state index contributed by atoms with van der Waals surface area (Å²) in [5.74, 6) is 2.21. The van der Waals surface area contributed by atoms with Gasteiger partial charge < -0.3 is 29.2 Å². The fraction of sp³-hybridized carbons (Fsp3) is 0.529. The van der Waals surface area contributed by atoms with E-state index in [-0.39, 0.29) is 24.4 Å². The molecule has 3 aromatic rings. The normalized spacial score (nSPS) is 24.1. The van der Waals surface area contributed by atoms with Crippen LogP contribution in [-0.4, -0.2) is 84.0 Å². The molecule has 2 amide bonds. The van der Waals surface area contributed by atoms with Crippen molar-refractivity contribution in [3.05, 3.63) is 59.3 Å². The highest BCUT2D eigenvalue weighted by Crippen LogP contribution is 2.46. The highest BCUT2D eigenvalue weighted by atomic mass is 16.5. The number of piperazine rings is 1. The van der Waals surface area contributed by atoms with E-state index in [2.05, 4.69) is 22.0 Å². The molecule has 4 aliphatic rings. The molecule has 1 N–H and O–H groups in total. The number of piperidine rings is 1. The Morgan fingerprint density at radius 2 is 1.71 bits per heavy atom. The lowest BCUT2D eigenvalue weighted by molar-refractivity contribution is -0.161. The zero-order valence-electron chi connectivity index (χ0n) is 24.8. The topological polar surface area (TPSA) is 78.1 Å². The minimum Gasteiger partial charge on any atom is -0.497 e. The van der Waals surface area contributed by atoms with Crippen LogP contribution in [-0.2, 0) is 16.0 Å². The summed E-state index contributed by atoms with van der Waals surface area (Å²) in [6.07, 6.45) is 9.21. The predicted molar refractivity (Wildman–Crippen MR) is 162 cm³/mol. The van der Waals surface area contributed by atoms with Crippen molar-refractivity contribution in [1.82, 2.24) is 19.7 Å². The van der Waals surface area contributed by atoms with Crippen LogP contribution < -0.4 is 9.47 Å². The number of rotatable bonds is 6. The van der Waals surface area contributed by atoms with Gasteiger partial charge in [0, 0.05) is 60.3 Å². The van der Waals surface area contributed by atoms with Crippen molar-refractivity contribution in [2.24, 2.45) is 5.92 Å². The number of amides is 2. The molecule has 2 saturated heterocycles. The number of ether oxygens (including phenoxy) is 2. The second-order valence-electron chi connectivity index (χ2n) is 12.6. The summed E-state index contributed by atoms with van der Waals surface area (Å²) in [6.45, 7) is 3.33. The van der Waals surface area contributed by atoms with Crippen molar-refractivity contribution in [3.63, 3.8) is 0 Å². The number of fused-ring (bicyclic) bond motifs is 4. The van der Waals surface area contributed by atoms with Crippen LogP contribution in [0, 0.1) is 5.92 Å². The summed E-state index contributed by atoms with van der Waals surface area (Å²) >= 11 is 0. The molecule has 4 heterocycles. The van der Waals surface area contributed by atoms with Crippen LogP contribution in [0.1, 0.15) is 67.8 Å². The van der Waals surface area contributed by atoms with Gasteiger partial charge in [-0.3, -0.25) is 9.59 Å². The lowest BCUT2D eigenvalue weighted by atomic mass is 9.85. The first-order valence-electron chi connectivity index (χ1n) is 15.7. The Morgan fingerprint density at radius 1 is 0.929 bits per heavy atom. The summed E-state index contributed by atoms with van der Waals surface area (Å²) in [7, 11) is 3.26. The summed E-state index contributed by atoms with van der Waals surface area (Å²) in [5.41, 5.74) is 3.94. The summed E-state index contributed by atoms with van der Waals surface area (Å²) < 4.78 is 11.3. The largest absolute Gasteiger partial charge is 0.497 e. The molecular formula is C34H42N4O4. The van der Waals surface area contributed by atoms with Crippen LogP contribution in [0.2, 0.25) is 0 Å². The number of benzene rings is 2. The lowest BCUT2D eigenvalue weighted by Gasteiger charge is -2.50. The van der Waals surface area contributed by atoms with Crippen molar-refractivity contribution >= 4 is 22.7 Å². The molecule has 0 bridgehead atoms.